The predicted octanol–water partition coefficient (Wildman–Crippen LogP) is 4.40. The fourth-order valence-electron chi connectivity index (χ4n) is 1.90. The molecule has 0 spiro atoms. The van der Waals surface area contributed by atoms with Crippen molar-refractivity contribution < 1.29 is 14.3 Å². The second-order valence-corrected chi connectivity index (χ2v) is 5.05. The summed E-state index contributed by atoms with van der Waals surface area (Å²) in [5.74, 6) is 1.07. The average Bonchev–Trinajstić information content (AvgIpc) is 2.59. The molecule has 0 atom stereocenters. The Morgan fingerprint density at radius 2 is 1.95 bits per heavy atom. The van der Waals surface area contributed by atoms with Crippen LogP contribution in [0.5, 0.6) is 11.5 Å². The Hall–Kier alpha value is -2.32. The number of halogens is 1. The number of hydrogen-bond donors (Lipinski definition) is 0. The molecule has 0 saturated carbocycles. The third-order valence-corrected chi connectivity index (χ3v) is 3.57. The van der Waals surface area contributed by atoms with Gasteiger partial charge in [0, 0.05) is 6.07 Å². The van der Waals surface area contributed by atoms with Gasteiger partial charge in [0.05, 0.1) is 24.6 Å². The fourth-order valence-corrected chi connectivity index (χ4v) is 2.20. The Bertz CT molecular complexity index is 705. The van der Waals surface area contributed by atoms with Crippen molar-refractivity contribution in [3.63, 3.8) is 0 Å². The van der Waals surface area contributed by atoms with Crippen LogP contribution in [-0.4, -0.2) is 18.2 Å². The monoisotopic (exact) mass is 359 g/mol. The number of rotatable bonds is 6. The lowest BCUT2D eigenvalue weighted by Gasteiger charge is -2.11. The first-order chi connectivity index (χ1) is 10.7. The molecule has 0 bridgehead atoms. The highest BCUT2D eigenvalue weighted by atomic mass is 79.9. The summed E-state index contributed by atoms with van der Waals surface area (Å²) < 4.78 is 10.9. The number of carbonyl (C=O) groups excluding carboxylic acids is 1. The molecule has 0 N–H and O–H groups in total. The summed E-state index contributed by atoms with van der Waals surface area (Å²) in [6.07, 6.45) is 0. The maximum Gasteiger partial charge on any atom is 0.187 e. The zero-order chi connectivity index (χ0) is 15.9. The number of benzene rings is 2. The number of alkyl halides is 1. The van der Waals surface area contributed by atoms with Crippen LogP contribution >= 0.6 is 15.9 Å². The zero-order valence-corrected chi connectivity index (χ0v) is 13.6. The number of methoxy groups -OCH3 is 1. The molecule has 2 rings (SSSR count). The van der Waals surface area contributed by atoms with Gasteiger partial charge in [-0.05, 0) is 17.7 Å². The lowest BCUT2D eigenvalue weighted by Crippen LogP contribution is -2.04. The van der Waals surface area contributed by atoms with Crippen LogP contribution in [-0.2, 0) is 6.61 Å². The van der Waals surface area contributed by atoms with E-state index in [9.17, 15) is 4.79 Å². The normalized spacial score (nSPS) is 9.86. The van der Waals surface area contributed by atoms with E-state index in [-0.39, 0.29) is 11.1 Å². The molecule has 0 amide bonds. The van der Waals surface area contributed by atoms with Crippen LogP contribution in [0.1, 0.15) is 15.9 Å². The number of Topliss-reactive ketones (excluding diaryl/α,β-unsaturated/α-hetero) is 1. The Labute approximate surface area is 137 Å². The average molecular weight is 360 g/mol. The van der Waals surface area contributed by atoms with Gasteiger partial charge in [-0.25, -0.2) is 4.85 Å². The van der Waals surface area contributed by atoms with Crippen molar-refractivity contribution in [1.29, 1.82) is 0 Å². The molecule has 2 aromatic rings. The van der Waals surface area contributed by atoms with E-state index in [2.05, 4.69) is 20.8 Å². The van der Waals surface area contributed by atoms with Gasteiger partial charge in [0.1, 0.15) is 18.1 Å². The molecule has 0 radical (unpaired) electrons. The molecule has 0 saturated heterocycles. The molecule has 0 aliphatic rings. The number of ether oxygens (including phenoxy) is 2. The van der Waals surface area contributed by atoms with Crippen molar-refractivity contribution in [2.24, 2.45) is 0 Å². The first-order valence-electron chi connectivity index (χ1n) is 6.54. The van der Waals surface area contributed by atoms with Gasteiger partial charge in [0.15, 0.2) is 11.5 Å². The smallest absolute Gasteiger partial charge is 0.187 e. The van der Waals surface area contributed by atoms with Crippen LogP contribution in [0, 0.1) is 6.57 Å². The predicted molar refractivity (Wildman–Crippen MR) is 88.2 cm³/mol. The van der Waals surface area contributed by atoms with Gasteiger partial charge in [-0.3, -0.25) is 4.79 Å². The summed E-state index contributed by atoms with van der Waals surface area (Å²) in [5, 5.41) is 0.247. The molecule has 0 fully saturated rings. The molecule has 0 heterocycles. The van der Waals surface area contributed by atoms with E-state index in [4.69, 9.17) is 16.0 Å². The highest BCUT2D eigenvalue weighted by molar-refractivity contribution is 9.09. The fraction of sp³-hybridized carbons (Fsp3) is 0.176. The molecule has 2 aromatic carbocycles. The summed E-state index contributed by atoms with van der Waals surface area (Å²) in [7, 11) is 1.52. The van der Waals surface area contributed by atoms with Crippen molar-refractivity contribution in [3.8, 4) is 11.5 Å². The minimum atomic E-state index is -0.0434. The van der Waals surface area contributed by atoms with E-state index in [1.807, 2.05) is 12.1 Å². The number of hydrogen-bond acceptors (Lipinski definition) is 3. The number of nitrogens with zero attached hydrogens (tertiary/aromatic N) is 1. The third kappa shape index (κ3) is 3.86. The third-order valence-electron chi connectivity index (χ3n) is 3.07. The summed E-state index contributed by atoms with van der Waals surface area (Å²) in [6.45, 7) is 7.30. The highest BCUT2D eigenvalue weighted by Gasteiger charge is 2.12. The first kappa shape index (κ1) is 16.1. The summed E-state index contributed by atoms with van der Waals surface area (Å²) in [4.78, 5) is 15.1. The molecule has 112 valence electrons. The summed E-state index contributed by atoms with van der Waals surface area (Å²) in [5.41, 5.74) is 2.09. The van der Waals surface area contributed by atoms with E-state index in [0.29, 0.717) is 29.4 Å². The summed E-state index contributed by atoms with van der Waals surface area (Å²) in [6, 6.07) is 12.4. The van der Waals surface area contributed by atoms with Gasteiger partial charge in [0.25, 0.3) is 0 Å². The van der Waals surface area contributed by atoms with Crippen molar-refractivity contribution in [3.05, 3.63) is 65.0 Å². The van der Waals surface area contributed by atoms with E-state index in [1.54, 1.807) is 30.3 Å². The molecule has 4 nitrogen and oxygen atoms in total. The first-order valence-corrected chi connectivity index (χ1v) is 7.66. The van der Waals surface area contributed by atoms with E-state index < -0.39 is 0 Å². The lowest BCUT2D eigenvalue weighted by molar-refractivity contribution is 0.102. The quantitative estimate of drug-likeness (QED) is 0.435. The minimum Gasteiger partial charge on any atom is -0.496 e. The van der Waals surface area contributed by atoms with Gasteiger partial charge >= 0.3 is 0 Å². The van der Waals surface area contributed by atoms with Crippen LogP contribution in [0.25, 0.3) is 4.85 Å². The second kappa shape index (κ2) is 7.62. The summed E-state index contributed by atoms with van der Waals surface area (Å²) >= 11 is 3.15. The molecular weight excluding hydrogens is 346 g/mol. The maximum absolute atomic E-state index is 11.8. The largest absolute Gasteiger partial charge is 0.496 e. The molecule has 0 aliphatic heterocycles. The van der Waals surface area contributed by atoms with Crippen LogP contribution < -0.4 is 9.47 Å². The second-order valence-electron chi connectivity index (χ2n) is 4.49. The molecule has 0 aromatic heterocycles. The number of carbonyl (C=O) groups is 1. The van der Waals surface area contributed by atoms with Gasteiger partial charge in [0.2, 0.25) is 0 Å². The van der Waals surface area contributed by atoms with Gasteiger partial charge in [-0.2, -0.15) is 0 Å². The zero-order valence-electron chi connectivity index (χ0n) is 12.0. The van der Waals surface area contributed by atoms with Gasteiger partial charge in [-0.1, -0.05) is 40.2 Å². The maximum atomic E-state index is 11.8. The van der Waals surface area contributed by atoms with Crippen molar-refractivity contribution >= 4 is 27.4 Å². The Balaban J connectivity index is 2.09. The standard InChI is InChI=1S/C17H14BrNO3/c1-19-13-5-3-12(4-6-13)11-22-14-7-8-15(16(20)10-18)17(9-14)21-2/h3-9H,10-11H2,2H3. The Morgan fingerprint density at radius 3 is 2.55 bits per heavy atom. The Kier molecular flexibility index (Phi) is 5.56. The van der Waals surface area contributed by atoms with Crippen LogP contribution in [0.3, 0.4) is 0 Å². The molecular formula is C17H14BrNO3. The number of ketones is 1. The highest BCUT2D eigenvalue weighted by Crippen LogP contribution is 2.26. The van der Waals surface area contributed by atoms with Crippen molar-refractivity contribution in [1.82, 2.24) is 0 Å². The van der Waals surface area contributed by atoms with Crippen LogP contribution in [0.15, 0.2) is 42.5 Å². The van der Waals surface area contributed by atoms with Crippen LogP contribution in [0.4, 0.5) is 5.69 Å². The molecule has 22 heavy (non-hydrogen) atoms. The SMILES string of the molecule is [C-]#[N+]c1ccc(COc2ccc(C(=O)CBr)c(OC)c2)cc1. The van der Waals surface area contributed by atoms with Crippen molar-refractivity contribution in [2.45, 2.75) is 6.61 Å². The topological polar surface area (TPSA) is 39.9 Å². The minimum absolute atomic E-state index is 0.0434. The molecule has 0 aliphatic carbocycles. The Morgan fingerprint density at radius 1 is 1.23 bits per heavy atom. The van der Waals surface area contributed by atoms with E-state index in [1.165, 1.54) is 7.11 Å². The lowest BCUT2D eigenvalue weighted by atomic mass is 10.1. The van der Waals surface area contributed by atoms with Gasteiger partial charge < -0.3 is 9.47 Å². The van der Waals surface area contributed by atoms with Gasteiger partial charge in [-0.15, -0.1) is 0 Å². The molecule has 0 unspecified atom stereocenters. The molecule has 5 heteroatoms. The van der Waals surface area contributed by atoms with E-state index in [0.717, 1.165) is 5.56 Å². The van der Waals surface area contributed by atoms with Crippen LogP contribution in [0.2, 0.25) is 0 Å². The van der Waals surface area contributed by atoms with E-state index >= 15 is 0 Å². The van der Waals surface area contributed by atoms with Crippen molar-refractivity contribution in [2.75, 3.05) is 12.4 Å².